The van der Waals surface area contributed by atoms with E-state index in [2.05, 4.69) is 0 Å². The molecule has 0 saturated heterocycles. The minimum Gasteiger partial charge on any atom is -0.452 e. The smallest absolute Gasteiger partial charge is 0.251 e. The van der Waals surface area contributed by atoms with Crippen molar-refractivity contribution in [2.24, 2.45) is 0 Å². The zero-order valence-electron chi connectivity index (χ0n) is 5.45. The molecular weight excluding hydrogens is 184 g/mol. The van der Waals surface area contributed by atoms with Gasteiger partial charge in [-0.1, -0.05) is 17.7 Å². The molecule has 1 atom stereocenters. The second-order valence-corrected chi connectivity index (χ2v) is 3.60. The van der Waals surface area contributed by atoms with Crippen LogP contribution in [0.15, 0.2) is 23.1 Å². The van der Waals surface area contributed by atoms with Gasteiger partial charge in [0.2, 0.25) is 0 Å². The molecule has 0 aliphatic carbocycles. The minimum atomic E-state index is -0.801. The van der Waals surface area contributed by atoms with Crippen molar-refractivity contribution in [2.45, 2.75) is 10.5 Å². The zero-order valence-corrected chi connectivity index (χ0v) is 7.02. The lowest BCUT2D eigenvalue weighted by molar-refractivity contribution is 0.0684. The molecule has 1 aliphatic heterocycles. The van der Waals surface area contributed by atoms with Crippen LogP contribution in [0.25, 0.3) is 0 Å². The van der Waals surface area contributed by atoms with Gasteiger partial charge in [-0.05, 0) is 23.9 Å². The number of thioether (sulfide) groups is 1. The second kappa shape index (κ2) is 2.59. The van der Waals surface area contributed by atoms with Crippen molar-refractivity contribution in [3.8, 4) is 5.75 Å². The van der Waals surface area contributed by atoms with Crippen molar-refractivity contribution < 1.29 is 9.84 Å². The van der Waals surface area contributed by atoms with Crippen molar-refractivity contribution in [1.29, 1.82) is 0 Å². The summed E-state index contributed by atoms with van der Waals surface area (Å²) >= 11 is 7.04. The topological polar surface area (TPSA) is 29.5 Å². The maximum atomic E-state index is 9.06. The van der Waals surface area contributed by atoms with Gasteiger partial charge in [-0.2, -0.15) is 0 Å². The summed E-state index contributed by atoms with van der Waals surface area (Å²) in [7, 11) is 0. The van der Waals surface area contributed by atoms with E-state index >= 15 is 0 Å². The molecule has 4 heteroatoms. The lowest BCUT2D eigenvalue weighted by Gasteiger charge is -2.00. The molecule has 58 valence electrons. The van der Waals surface area contributed by atoms with Crippen LogP contribution >= 0.6 is 23.4 Å². The van der Waals surface area contributed by atoms with E-state index in [0.29, 0.717) is 10.8 Å². The zero-order chi connectivity index (χ0) is 7.84. The molecule has 0 unspecified atom stereocenters. The third-order valence-electron chi connectivity index (χ3n) is 1.38. The van der Waals surface area contributed by atoms with Crippen molar-refractivity contribution in [2.75, 3.05) is 0 Å². The normalized spacial score (nSPS) is 21.1. The number of aliphatic hydroxyl groups excluding tert-OH is 1. The van der Waals surface area contributed by atoms with Crippen LogP contribution in [0.3, 0.4) is 0 Å². The molecule has 0 saturated carbocycles. The first kappa shape index (κ1) is 7.28. The average molecular weight is 189 g/mol. The van der Waals surface area contributed by atoms with E-state index in [9.17, 15) is 0 Å². The number of halogens is 1. The van der Waals surface area contributed by atoms with Gasteiger partial charge >= 0.3 is 0 Å². The van der Waals surface area contributed by atoms with Gasteiger partial charge in [0.15, 0.2) is 5.75 Å². The van der Waals surface area contributed by atoms with Gasteiger partial charge in [-0.3, -0.25) is 0 Å². The van der Waals surface area contributed by atoms with E-state index < -0.39 is 5.62 Å². The fourth-order valence-corrected chi connectivity index (χ4v) is 1.99. The van der Waals surface area contributed by atoms with Gasteiger partial charge in [0.25, 0.3) is 5.62 Å². The Morgan fingerprint density at radius 2 is 2.36 bits per heavy atom. The number of ether oxygens (including phenoxy) is 1. The van der Waals surface area contributed by atoms with Gasteiger partial charge in [0, 0.05) is 0 Å². The van der Waals surface area contributed by atoms with Gasteiger partial charge in [0.05, 0.1) is 9.92 Å². The molecule has 0 radical (unpaired) electrons. The quantitative estimate of drug-likeness (QED) is 0.676. The van der Waals surface area contributed by atoms with Crippen molar-refractivity contribution in [1.82, 2.24) is 0 Å². The van der Waals surface area contributed by atoms with Crippen molar-refractivity contribution >= 4 is 23.4 Å². The molecule has 1 heterocycles. The summed E-state index contributed by atoms with van der Waals surface area (Å²) in [5.41, 5.74) is -0.801. The average Bonchev–Trinajstić information content (AvgIpc) is 2.31. The lowest BCUT2D eigenvalue weighted by atomic mass is 10.3. The maximum absolute atomic E-state index is 9.06. The minimum absolute atomic E-state index is 0.548. The molecule has 1 aromatic carbocycles. The first-order valence-electron chi connectivity index (χ1n) is 3.07. The van der Waals surface area contributed by atoms with E-state index in [1.165, 1.54) is 11.8 Å². The van der Waals surface area contributed by atoms with E-state index in [-0.39, 0.29) is 0 Å². The summed E-state index contributed by atoms with van der Waals surface area (Å²) in [6, 6.07) is 5.43. The van der Waals surface area contributed by atoms with Gasteiger partial charge in [-0.25, -0.2) is 0 Å². The Balaban J connectivity index is 2.49. The van der Waals surface area contributed by atoms with Gasteiger partial charge in [0.1, 0.15) is 0 Å². The third-order valence-corrected chi connectivity index (χ3v) is 2.55. The number of rotatable bonds is 0. The van der Waals surface area contributed by atoms with Crippen LogP contribution in [0.1, 0.15) is 0 Å². The standard InChI is InChI=1S/C7H5ClO2S/c8-4-2-1-3-5-6(4)10-7(9)11-5/h1-3,7,9H/t7-/m0/s1. The fraction of sp³-hybridized carbons (Fsp3) is 0.143. The fourth-order valence-electron chi connectivity index (χ4n) is 0.930. The van der Waals surface area contributed by atoms with Crippen LogP contribution in [0, 0.1) is 0 Å². The number of hydrogen-bond donors (Lipinski definition) is 1. The SMILES string of the molecule is O[C@H]1Oc2c(Cl)cccc2S1. The maximum Gasteiger partial charge on any atom is 0.251 e. The van der Waals surface area contributed by atoms with Crippen LogP contribution in [-0.2, 0) is 0 Å². The highest BCUT2D eigenvalue weighted by molar-refractivity contribution is 8.00. The Morgan fingerprint density at radius 3 is 3.09 bits per heavy atom. The Hall–Kier alpha value is -0.380. The van der Waals surface area contributed by atoms with Crippen molar-refractivity contribution in [3.63, 3.8) is 0 Å². The number of fused-ring (bicyclic) bond motifs is 1. The molecule has 1 aromatic rings. The summed E-state index contributed by atoms with van der Waals surface area (Å²) < 4.78 is 5.02. The second-order valence-electron chi connectivity index (χ2n) is 2.11. The van der Waals surface area contributed by atoms with Gasteiger partial charge in [-0.15, -0.1) is 0 Å². The highest BCUT2D eigenvalue weighted by Crippen LogP contribution is 2.43. The van der Waals surface area contributed by atoms with Crippen LogP contribution in [0.5, 0.6) is 5.75 Å². The number of hydrogen-bond acceptors (Lipinski definition) is 3. The summed E-state index contributed by atoms with van der Waals surface area (Å²) in [6.45, 7) is 0. The van der Waals surface area contributed by atoms with Crippen LogP contribution < -0.4 is 4.74 Å². The molecule has 2 nitrogen and oxygen atoms in total. The number of aliphatic hydroxyl groups is 1. The Labute approximate surface area is 73.1 Å². The Bertz CT molecular complexity index is 290. The molecule has 2 rings (SSSR count). The van der Waals surface area contributed by atoms with E-state index in [0.717, 1.165) is 4.90 Å². The highest BCUT2D eigenvalue weighted by atomic mass is 35.5. The van der Waals surface area contributed by atoms with Gasteiger partial charge < -0.3 is 9.84 Å². The summed E-state index contributed by atoms with van der Waals surface area (Å²) in [6.07, 6.45) is 0. The number of benzene rings is 1. The summed E-state index contributed by atoms with van der Waals surface area (Å²) in [5.74, 6) is 0.590. The molecule has 11 heavy (non-hydrogen) atoms. The van der Waals surface area contributed by atoms with Crippen LogP contribution in [0.2, 0.25) is 5.02 Å². The molecule has 1 N–H and O–H groups in total. The first-order valence-corrected chi connectivity index (χ1v) is 4.33. The third kappa shape index (κ3) is 1.20. The predicted octanol–water partition coefficient (Wildman–Crippen LogP) is 2.10. The molecular formula is C7H5ClO2S. The Kier molecular flexibility index (Phi) is 1.71. The summed E-state index contributed by atoms with van der Waals surface area (Å²) in [5, 5.41) is 9.60. The van der Waals surface area contributed by atoms with E-state index in [1.807, 2.05) is 12.1 Å². The lowest BCUT2D eigenvalue weighted by Crippen LogP contribution is -2.03. The monoisotopic (exact) mass is 188 g/mol. The molecule has 0 spiro atoms. The molecule has 0 aromatic heterocycles. The van der Waals surface area contributed by atoms with E-state index in [4.69, 9.17) is 21.4 Å². The highest BCUT2D eigenvalue weighted by Gasteiger charge is 2.22. The molecule has 1 aliphatic rings. The predicted molar refractivity (Wildman–Crippen MR) is 43.9 cm³/mol. The van der Waals surface area contributed by atoms with Crippen LogP contribution in [0.4, 0.5) is 0 Å². The largest absolute Gasteiger partial charge is 0.452 e. The molecule has 0 amide bonds. The Morgan fingerprint density at radius 1 is 1.55 bits per heavy atom. The summed E-state index contributed by atoms with van der Waals surface area (Å²) in [4.78, 5) is 0.894. The van der Waals surface area contributed by atoms with E-state index in [1.54, 1.807) is 6.07 Å². The first-order chi connectivity index (χ1) is 5.27. The number of para-hydroxylation sites is 1. The van der Waals surface area contributed by atoms with Crippen LogP contribution in [-0.4, -0.2) is 10.7 Å². The van der Waals surface area contributed by atoms with Crippen molar-refractivity contribution in [3.05, 3.63) is 23.2 Å². The molecule has 0 fully saturated rings. The molecule has 0 bridgehead atoms.